The number of hydrogen-bond acceptors (Lipinski definition) is 2. The number of anilines is 1. The SMILES string of the molecule is Nc1cccc2[nH]c(C3C4CCCC43)nc12. The van der Waals surface area contributed by atoms with Gasteiger partial charge in [-0.25, -0.2) is 4.98 Å². The minimum atomic E-state index is 0.695. The van der Waals surface area contributed by atoms with Gasteiger partial charge in [0.15, 0.2) is 0 Å². The third-order valence-corrected chi connectivity index (χ3v) is 4.28. The van der Waals surface area contributed by atoms with Gasteiger partial charge in [0.2, 0.25) is 0 Å². The molecular weight excluding hydrogens is 198 g/mol. The maximum Gasteiger partial charge on any atom is 0.111 e. The van der Waals surface area contributed by atoms with Gasteiger partial charge in [0, 0.05) is 5.92 Å². The lowest BCUT2D eigenvalue weighted by Crippen LogP contribution is -1.90. The molecule has 2 aromatic rings. The van der Waals surface area contributed by atoms with Crippen molar-refractivity contribution in [2.24, 2.45) is 11.8 Å². The van der Waals surface area contributed by atoms with Crippen LogP contribution in [0, 0.1) is 11.8 Å². The number of para-hydroxylation sites is 1. The summed E-state index contributed by atoms with van der Waals surface area (Å²) in [6.07, 6.45) is 4.19. The number of rotatable bonds is 1. The van der Waals surface area contributed by atoms with E-state index in [-0.39, 0.29) is 0 Å². The predicted molar refractivity (Wildman–Crippen MR) is 64.1 cm³/mol. The molecule has 1 heterocycles. The van der Waals surface area contributed by atoms with E-state index in [4.69, 9.17) is 5.73 Å². The summed E-state index contributed by atoms with van der Waals surface area (Å²) in [5.74, 6) is 3.67. The fraction of sp³-hybridized carbons (Fsp3) is 0.462. The Kier molecular flexibility index (Phi) is 1.50. The van der Waals surface area contributed by atoms with E-state index in [1.807, 2.05) is 12.1 Å². The highest BCUT2D eigenvalue weighted by Gasteiger charge is 2.54. The van der Waals surface area contributed by atoms with Crippen LogP contribution < -0.4 is 5.73 Å². The first-order valence-corrected chi connectivity index (χ1v) is 6.09. The molecule has 4 rings (SSSR count). The molecule has 3 N–H and O–H groups in total. The number of nitrogens with one attached hydrogen (secondary N) is 1. The van der Waals surface area contributed by atoms with Crippen LogP contribution >= 0.6 is 0 Å². The lowest BCUT2D eigenvalue weighted by molar-refractivity contribution is 0.664. The molecule has 2 fully saturated rings. The number of fused-ring (bicyclic) bond motifs is 2. The van der Waals surface area contributed by atoms with E-state index in [1.165, 1.54) is 25.1 Å². The fourth-order valence-electron chi connectivity index (χ4n) is 3.46. The molecule has 0 amide bonds. The highest BCUT2D eigenvalue weighted by molar-refractivity contribution is 5.87. The fourth-order valence-corrected chi connectivity index (χ4v) is 3.46. The molecule has 2 aliphatic carbocycles. The minimum absolute atomic E-state index is 0.695. The summed E-state index contributed by atoms with van der Waals surface area (Å²) in [5.41, 5.74) is 8.74. The molecule has 2 atom stereocenters. The molecule has 1 aromatic heterocycles. The molecule has 0 aliphatic heterocycles. The van der Waals surface area contributed by atoms with Crippen molar-refractivity contribution in [1.82, 2.24) is 9.97 Å². The zero-order valence-corrected chi connectivity index (χ0v) is 9.11. The number of nitrogens with zero attached hydrogens (tertiary/aromatic N) is 1. The van der Waals surface area contributed by atoms with Crippen LogP contribution in [0.3, 0.4) is 0 Å². The van der Waals surface area contributed by atoms with Gasteiger partial charge < -0.3 is 10.7 Å². The van der Waals surface area contributed by atoms with Gasteiger partial charge in [-0.05, 0) is 36.8 Å². The van der Waals surface area contributed by atoms with Gasteiger partial charge >= 0.3 is 0 Å². The highest BCUT2D eigenvalue weighted by atomic mass is 15.0. The van der Waals surface area contributed by atoms with Crippen molar-refractivity contribution in [1.29, 1.82) is 0 Å². The lowest BCUT2D eigenvalue weighted by atomic mass is 10.1. The molecule has 1 aromatic carbocycles. The lowest BCUT2D eigenvalue weighted by Gasteiger charge is -1.97. The maximum absolute atomic E-state index is 5.92. The third-order valence-electron chi connectivity index (χ3n) is 4.28. The molecule has 3 heteroatoms. The quantitative estimate of drug-likeness (QED) is 0.715. The Labute approximate surface area is 94.1 Å². The Balaban J connectivity index is 1.79. The molecular formula is C13H15N3. The molecule has 0 spiro atoms. The Morgan fingerprint density at radius 1 is 1.25 bits per heavy atom. The summed E-state index contributed by atoms with van der Waals surface area (Å²) in [5, 5.41) is 0. The van der Waals surface area contributed by atoms with Crippen molar-refractivity contribution in [3.8, 4) is 0 Å². The average molecular weight is 213 g/mol. The van der Waals surface area contributed by atoms with Crippen LogP contribution in [0.4, 0.5) is 5.69 Å². The number of nitrogen functional groups attached to an aromatic ring is 1. The van der Waals surface area contributed by atoms with E-state index < -0.39 is 0 Å². The van der Waals surface area contributed by atoms with Crippen LogP contribution in [-0.2, 0) is 0 Å². The van der Waals surface area contributed by atoms with Gasteiger partial charge in [-0.15, -0.1) is 0 Å². The number of nitrogens with two attached hydrogens (primary N) is 1. The van der Waals surface area contributed by atoms with Gasteiger partial charge in [0.25, 0.3) is 0 Å². The number of hydrogen-bond donors (Lipinski definition) is 2. The van der Waals surface area contributed by atoms with Crippen LogP contribution in [0.1, 0.15) is 31.0 Å². The maximum atomic E-state index is 5.92. The summed E-state index contributed by atoms with van der Waals surface area (Å²) in [7, 11) is 0. The van der Waals surface area contributed by atoms with Crippen molar-refractivity contribution in [2.45, 2.75) is 25.2 Å². The monoisotopic (exact) mass is 213 g/mol. The molecule has 82 valence electrons. The summed E-state index contributed by atoms with van der Waals surface area (Å²) in [4.78, 5) is 8.11. The van der Waals surface area contributed by atoms with Crippen molar-refractivity contribution < 1.29 is 0 Å². The van der Waals surface area contributed by atoms with Gasteiger partial charge in [-0.1, -0.05) is 12.5 Å². The first-order valence-electron chi connectivity index (χ1n) is 6.09. The number of benzene rings is 1. The number of H-pyrrole nitrogens is 1. The summed E-state index contributed by atoms with van der Waals surface area (Å²) in [6, 6.07) is 5.95. The van der Waals surface area contributed by atoms with Crippen LogP contribution in [-0.4, -0.2) is 9.97 Å². The van der Waals surface area contributed by atoms with Crippen LogP contribution in [0.5, 0.6) is 0 Å². The number of aromatic nitrogens is 2. The summed E-state index contributed by atoms with van der Waals surface area (Å²) in [6.45, 7) is 0. The van der Waals surface area contributed by atoms with Crippen molar-refractivity contribution >= 4 is 16.7 Å². The topological polar surface area (TPSA) is 54.7 Å². The Hall–Kier alpha value is -1.51. The van der Waals surface area contributed by atoms with E-state index in [2.05, 4.69) is 16.0 Å². The van der Waals surface area contributed by atoms with Crippen LogP contribution in [0.25, 0.3) is 11.0 Å². The number of imidazole rings is 1. The molecule has 2 saturated carbocycles. The van der Waals surface area contributed by atoms with Crippen LogP contribution in [0.15, 0.2) is 18.2 Å². The van der Waals surface area contributed by atoms with Gasteiger partial charge in [-0.3, -0.25) is 0 Å². The molecule has 0 radical (unpaired) electrons. The molecule has 3 nitrogen and oxygen atoms in total. The largest absolute Gasteiger partial charge is 0.397 e. The smallest absolute Gasteiger partial charge is 0.111 e. The second-order valence-corrected chi connectivity index (χ2v) is 5.15. The average Bonchev–Trinajstić information content (AvgIpc) is 2.72. The first-order chi connectivity index (χ1) is 7.84. The minimum Gasteiger partial charge on any atom is -0.397 e. The predicted octanol–water partition coefficient (Wildman–Crippen LogP) is 2.66. The van der Waals surface area contributed by atoms with E-state index in [0.717, 1.165) is 28.6 Å². The molecule has 16 heavy (non-hydrogen) atoms. The van der Waals surface area contributed by atoms with Crippen molar-refractivity contribution in [3.63, 3.8) is 0 Å². The van der Waals surface area contributed by atoms with E-state index in [1.54, 1.807) is 0 Å². The molecule has 2 unspecified atom stereocenters. The third kappa shape index (κ3) is 1.01. The van der Waals surface area contributed by atoms with Gasteiger partial charge in [-0.2, -0.15) is 0 Å². The van der Waals surface area contributed by atoms with Gasteiger partial charge in [0.05, 0.1) is 11.2 Å². The summed E-state index contributed by atoms with van der Waals surface area (Å²) >= 11 is 0. The Morgan fingerprint density at radius 3 is 2.81 bits per heavy atom. The second-order valence-electron chi connectivity index (χ2n) is 5.15. The number of aromatic amines is 1. The van der Waals surface area contributed by atoms with Crippen molar-refractivity contribution in [2.75, 3.05) is 5.73 Å². The van der Waals surface area contributed by atoms with Gasteiger partial charge in [0.1, 0.15) is 11.3 Å². The van der Waals surface area contributed by atoms with Crippen molar-refractivity contribution in [3.05, 3.63) is 24.0 Å². The van der Waals surface area contributed by atoms with E-state index in [9.17, 15) is 0 Å². The highest BCUT2D eigenvalue weighted by Crippen LogP contribution is 2.62. The molecule has 0 saturated heterocycles. The Bertz CT molecular complexity index is 547. The second kappa shape index (κ2) is 2.78. The Morgan fingerprint density at radius 2 is 2.06 bits per heavy atom. The molecule has 2 aliphatic rings. The van der Waals surface area contributed by atoms with E-state index >= 15 is 0 Å². The normalized spacial score (nSPS) is 31.9. The van der Waals surface area contributed by atoms with E-state index in [0.29, 0.717) is 5.92 Å². The zero-order chi connectivity index (χ0) is 10.7. The standard InChI is InChI=1S/C13H15N3/c14-9-5-2-6-10-12(9)16-13(15-10)11-7-3-1-4-8(7)11/h2,5-8,11H,1,3-4,14H2,(H,15,16). The van der Waals surface area contributed by atoms with Crippen LogP contribution in [0.2, 0.25) is 0 Å². The molecule has 0 bridgehead atoms. The zero-order valence-electron chi connectivity index (χ0n) is 9.11. The first kappa shape index (κ1) is 8.62. The summed E-state index contributed by atoms with van der Waals surface area (Å²) < 4.78 is 0.